The van der Waals surface area contributed by atoms with Crippen molar-refractivity contribution in [3.63, 3.8) is 0 Å². The van der Waals surface area contributed by atoms with Gasteiger partial charge in [-0.2, -0.15) is 0 Å². The number of halogens is 1. The highest BCUT2D eigenvalue weighted by molar-refractivity contribution is 6.32. The zero-order chi connectivity index (χ0) is 12.4. The zero-order valence-electron chi connectivity index (χ0n) is 9.75. The number of hydrogen-bond donors (Lipinski definition) is 0. The molecule has 0 saturated heterocycles. The van der Waals surface area contributed by atoms with Gasteiger partial charge in [0.05, 0.1) is 12.1 Å². The van der Waals surface area contributed by atoms with Crippen molar-refractivity contribution in [1.29, 1.82) is 0 Å². The molecule has 0 N–H and O–H groups in total. The van der Waals surface area contributed by atoms with E-state index in [1.807, 2.05) is 0 Å². The maximum absolute atomic E-state index is 11.4. The van der Waals surface area contributed by atoms with Crippen LogP contribution < -0.4 is 10.4 Å². The molecule has 0 radical (unpaired) electrons. The second kappa shape index (κ2) is 4.80. The average Bonchev–Trinajstić information content (AvgIpc) is 2.29. The van der Waals surface area contributed by atoms with Crippen LogP contribution >= 0.6 is 11.6 Å². The normalized spacial score (nSPS) is 10.8. The maximum Gasteiger partial charge on any atom is 0.336 e. The van der Waals surface area contributed by atoms with Crippen LogP contribution in [0.15, 0.2) is 27.4 Å². The predicted molar refractivity (Wildman–Crippen MR) is 68.0 cm³/mol. The summed E-state index contributed by atoms with van der Waals surface area (Å²) in [6.07, 6.45) is 1.78. The first-order valence-electron chi connectivity index (χ1n) is 5.46. The number of benzene rings is 1. The third-order valence-corrected chi connectivity index (χ3v) is 2.92. The van der Waals surface area contributed by atoms with Gasteiger partial charge in [-0.1, -0.05) is 24.9 Å². The van der Waals surface area contributed by atoms with Crippen molar-refractivity contribution >= 4 is 22.6 Å². The molecule has 0 aliphatic carbocycles. The lowest BCUT2D eigenvalue weighted by molar-refractivity contribution is 0.414. The van der Waals surface area contributed by atoms with Gasteiger partial charge in [-0.05, 0) is 18.1 Å². The van der Waals surface area contributed by atoms with Crippen LogP contribution in [0, 0.1) is 0 Å². The van der Waals surface area contributed by atoms with Crippen LogP contribution in [-0.2, 0) is 6.42 Å². The van der Waals surface area contributed by atoms with Gasteiger partial charge < -0.3 is 9.15 Å². The predicted octanol–water partition coefficient (Wildman–Crippen LogP) is 3.41. The number of fused-ring (bicyclic) bond motifs is 1. The molecule has 0 atom stereocenters. The minimum atomic E-state index is -0.342. The van der Waals surface area contributed by atoms with Gasteiger partial charge in [0.15, 0.2) is 0 Å². The van der Waals surface area contributed by atoms with E-state index < -0.39 is 0 Å². The summed E-state index contributed by atoms with van der Waals surface area (Å²) in [6, 6.07) is 4.95. The summed E-state index contributed by atoms with van der Waals surface area (Å²) < 4.78 is 10.3. The zero-order valence-corrected chi connectivity index (χ0v) is 10.5. The first-order valence-corrected chi connectivity index (χ1v) is 5.83. The van der Waals surface area contributed by atoms with E-state index in [4.69, 9.17) is 20.8 Å². The fraction of sp³-hybridized carbons (Fsp3) is 0.308. The Bertz CT molecular complexity index is 601. The van der Waals surface area contributed by atoms with Crippen LogP contribution in [0.5, 0.6) is 5.75 Å². The highest BCUT2D eigenvalue weighted by Gasteiger charge is 2.09. The topological polar surface area (TPSA) is 39.4 Å². The molecule has 0 spiro atoms. The van der Waals surface area contributed by atoms with Gasteiger partial charge in [0.25, 0.3) is 0 Å². The molecule has 0 bridgehead atoms. The van der Waals surface area contributed by atoms with E-state index in [1.165, 1.54) is 13.2 Å². The molecular weight excluding hydrogens is 240 g/mol. The molecule has 0 saturated carbocycles. The lowest BCUT2D eigenvalue weighted by Crippen LogP contribution is -2.01. The molecule has 0 aliphatic rings. The Hall–Kier alpha value is -1.48. The Morgan fingerprint density at radius 2 is 2.12 bits per heavy atom. The minimum absolute atomic E-state index is 0.342. The standard InChI is InChI=1S/C13H13ClO3/c1-3-4-8-5-13(15)17-11-7-12(16-2)10(14)6-9(8)11/h5-7H,3-4H2,1-2H3. The van der Waals surface area contributed by atoms with Gasteiger partial charge in [0.2, 0.25) is 0 Å². The van der Waals surface area contributed by atoms with E-state index in [9.17, 15) is 4.79 Å². The number of rotatable bonds is 3. The van der Waals surface area contributed by atoms with Crippen LogP contribution in [0.4, 0.5) is 0 Å². The smallest absolute Gasteiger partial charge is 0.336 e. The Morgan fingerprint density at radius 3 is 2.76 bits per heavy atom. The summed E-state index contributed by atoms with van der Waals surface area (Å²) in [7, 11) is 1.53. The molecular formula is C13H13ClO3. The molecule has 0 aliphatic heterocycles. The largest absolute Gasteiger partial charge is 0.495 e. The molecule has 17 heavy (non-hydrogen) atoms. The van der Waals surface area contributed by atoms with Crippen molar-refractivity contribution in [3.05, 3.63) is 39.2 Å². The quantitative estimate of drug-likeness (QED) is 0.786. The number of methoxy groups -OCH3 is 1. The van der Waals surface area contributed by atoms with E-state index in [0.717, 1.165) is 23.8 Å². The monoisotopic (exact) mass is 252 g/mol. The van der Waals surface area contributed by atoms with Crippen molar-refractivity contribution < 1.29 is 9.15 Å². The Labute approximate surface area is 104 Å². The maximum atomic E-state index is 11.4. The molecule has 1 heterocycles. The van der Waals surface area contributed by atoms with Crippen molar-refractivity contribution in [1.82, 2.24) is 0 Å². The number of aryl methyl sites for hydroxylation is 1. The van der Waals surface area contributed by atoms with Crippen LogP contribution in [0.2, 0.25) is 5.02 Å². The van der Waals surface area contributed by atoms with E-state index in [-0.39, 0.29) is 5.63 Å². The fourth-order valence-electron chi connectivity index (χ4n) is 1.86. The van der Waals surface area contributed by atoms with E-state index >= 15 is 0 Å². The molecule has 0 amide bonds. The Balaban J connectivity index is 2.75. The molecule has 90 valence electrons. The number of hydrogen-bond acceptors (Lipinski definition) is 3. The minimum Gasteiger partial charge on any atom is -0.495 e. The first kappa shape index (κ1) is 12.0. The Kier molecular flexibility index (Phi) is 3.38. The van der Waals surface area contributed by atoms with Crippen molar-refractivity contribution in [2.75, 3.05) is 7.11 Å². The summed E-state index contributed by atoms with van der Waals surface area (Å²) in [5, 5.41) is 1.39. The summed E-state index contributed by atoms with van der Waals surface area (Å²) in [5.74, 6) is 0.510. The second-order valence-electron chi connectivity index (χ2n) is 3.82. The summed E-state index contributed by atoms with van der Waals surface area (Å²) >= 11 is 6.07. The van der Waals surface area contributed by atoms with E-state index in [0.29, 0.717) is 16.4 Å². The first-order chi connectivity index (χ1) is 8.15. The summed E-state index contributed by atoms with van der Waals surface area (Å²) in [5.41, 5.74) is 1.14. The van der Waals surface area contributed by atoms with Crippen LogP contribution in [0.1, 0.15) is 18.9 Å². The van der Waals surface area contributed by atoms with Crippen molar-refractivity contribution in [2.45, 2.75) is 19.8 Å². The third kappa shape index (κ3) is 2.29. The molecule has 1 aromatic heterocycles. The molecule has 2 aromatic rings. The van der Waals surface area contributed by atoms with Crippen molar-refractivity contribution in [3.8, 4) is 5.75 Å². The molecule has 0 unspecified atom stereocenters. The Morgan fingerprint density at radius 1 is 1.35 bits per heavy atom. The summed E-state index contributed by atoms with van der Waals surface area (Å²) in [6.45, 7) is 2.06. The third-order valence-electron chi connectivity index (χ3n) is 2.62. The lowest BCUT2D eigenvalue weighted by Gasteiger charge is -2.07. The van der Waals surface area contributed by atoms with Crippen molar-refractivity contribution in [2.24, 2.45) is 0 Å². The van der Waals surface area contributed by atoms with E-state index in [1.54, 1.807) is 12.1 Å². The van der Waals surface area contributed by atoms with Gasteiger partial charge >= 0.3 is 5.63 Å². The van der Waals surface area contributed by atoms with Gasteiger partial charge in [0.1, 0.15) is 11.3 Å². The van der Waals surface area contributed by atoms with Gasteiger partial charge in [-0.15, -0.1) is 0 Å². The second-order valence-corrected chi connectivity index (χ2v) is 4.23. The SMILES string of the molecule is CCCc1cc(=O)oc2cc(OC)c(Cl)cc12. The van der Waals surface area contributed by atoms with Gasteiger partial charge in [-0.25, -0.2) is 4.79 Å². The van der Waals surface area contributed by atoms with Crippen LogP contribution in [0.3, 0.4) is 0 Å². The summed E-state index contributed by atoms with van der Waals surface area (Å²) in [4.78, 5) is 11.4. The van der Waals surface area contributed by atoms with Crippen LogP contribution in [-0.4, -0.2) is 7.11 Å². The molecule has 3 nitrogen and oxygen atoms in total. The van der Waals surface area contributed by atoms with Crippen LogP contribution in [0.25, 0.3) is 11.0 Å². The molecule has 0 fully saturated rings. The molecule has 2 rings (SSSR count). The lowest BCUT2D eigenvalue weighted by atomic mass is 10.1. The number of ether oxygens (including phenoxy) is 1. The van der Waals surface area contributed by atoms with Gasteiger partial charge in [-0.3, -0.25) is 0 Å². The van der Waals surface area contributed by atoms with E-state index in [2.05, 4.69) is 6.92 Å². The van der Waals surface area contributed by atoms with Gasteiger partial charge in [0, 0.05) is 17.5 Å². The average molecular weight is 253 g/mol. The molecule has 1 aromatic carbocycles. The fourth-order valence-corrected chi connectivity index (χ4v) is 2.10. The molecule has 4 heteroatoms. The highest BCUT2D eigenvalue weighted by Crippen LogP contribution is 2.31. The highest BCUT2D eigenvalue weighted by atomic mass is 35.5.